The van der Waals surface area contributed by atoms with Crippen LogP contribution in [0.1, 0.15) is 17.2 Å². The first-order valence-corrected chi connectivity index (χ1v) is 4.39. The van der Waals surface area contributed by atoms with Crippen molar-refractivity contribution in [2.45, 2.75) is 12.3 Å². The number of carboxylic acids is 1. The quantitative estimate of drug-likeness (QED) is 0.841. The first-order valence-electron chi connectivity index (χ1n) is 4.39. The molecule has 0 aromatic heterocycles. The zero-order valence-electron chi connectivity index (χ0n) is 8.58. The van der Waals surface area contributed by atoms with Gasteiger partial charge in [-0.2, -0.15) is 13.2 Å². The normalized spacial score (nSPS) is 13.5. The lowest BCUT2D eigenvalue weighted by Gasteiger charge is -2.17. The van der Waals surface area contributed by atoms with Gasteiger partial charge in [0.25, 0.3) is 0 Å². The Hall–Kier alpha value is -1.63. The lowest BCUT2D eigenvalue weighted by atomic mass is 10.0. The third kappa shape index (κ3) is 2.94. The molecule has 0 saturated heterocycles. The molecule has 0 amide bonds. The van der Waals surface area contributed by atoms with Gasteiger partial charge in [0.2, 0.25) is 0 Å². The molecule has 0 radical (unpaired) electrons. The van der Waals surface area contributed by atoms with Crippen molar-refractivity contribution in [1.82, 2.24) is 0 Å². The summed E-state index contributed by atoms with van der Waals surface area (Å²) in [6.07, 6.45) is -6.63. The molecule has 0 fully saturated rings. The van der Waals surface area contributed by atoms with Crippen LogP contribution >= 0.6 is 0 Å². The maximum atomic E-state index is 12.8. The van der Waals surface area contributed by atoms with E-state index >= 15 is 0 Å². The largest absolute Gasteiger partial charge is 0.479 e. The lowest BCUT2D eigenvalue weighted by Crippen LogP contribution is -2.19. The maximum absolute atomic E-state index is 12.8. The molecular weight excluding hydrogens is 244 g/mol. The number of alkyl halides is 3. The molecule has 3 nitrogen and oxygen atoms in total. The SMILES string of the molecule is COC(C(=O)O)c1ccc(F)cc1C(F)(F)F. The Kier molecular flexibility index (Phi) is 3.72. The van der Waals surface area contributed by atoms with Gasteiger partial charge < -0.3 is 9.84 Å². The first kappa shape index (κ1) is 13.4. The Balaban J connectivity index is 3.37. The van der Waals surface area contributed by atoms with Crippen molar-refractivity contribution in [2.75, 3.05) is 7.11 Å². The van der Waals surface area contributed by atoms with E-state index in [9.17, 15) is 22.4 Å². The monoisotopic (exact) mass is 252 g/mol. The van der Waals surface area contributed by atoms with Gasteiger partial charge in [0.05, 0.1) is 5.56 Å². The van der Waals surface area contributed by atoms with Crippen LogP contribution in [-0.4, -0.2) is 18.2 Å². The molecule has 0 aliphatic heterocycles. The van der Waals surface area contributed by atoms with E-state index in [-0.39, 0.29) is 6.07 Å². The highest BCUT2D eigenvalue weighted by Crippen LogP contribution is 2.36. The number of hydrogen-bond acceptors (Lipinski definition) is 2. The Bertz CT molecular complexity index is 428. The smallest absolute Gasteiger partial charge is 0.416 e. The topological polar surface area (TPSA) is 46.5 Å². The van der Waals surface area contributed by atoms with E-state index < -0.39 is 35.2 Å². The summed E-state index contributed by atoms with van der Waals surface area (Å²) in [7, 11) is 0.961. The van der Waals surface area contributed by atoms with Gasteiger partial charge in [0, 0.05) is 12.7 Å². The van der Waals surface area contributed by atoms with Gasteiger partial charge in [0.1, 0.15) is 5.82 Å². The predicted octanol–water partition coefficient (Wildman–Crippen LogP) is 2.62. The van der Waals surface area contributed by atoms with Crippen LogP contribution in [0, 0.1) is 5.82 Å². The molecule has 7 heteroatoms. The number of halogens is 4. The van der Waals surface area contributed by atoms with Crippen molar-refractivity contribution >= 4 is 5.97 Å². The Morgan fingerprint density at radius 1 is 1.41 bits per heavy atom. The van der Waals surface area contributed by atoms with Crippen molar-refractivity contribution in [3.63, 3.8) is 0 Å². The van der Waals surface area contributed by atoms with Crippen molar-refractivity contribution in [1.29, 1.82) is 0 Å². The molecule has 0 spiro atoms. The minimum atomic E-state index is -4.84. The standard InChI is InChI=1S/C10H8F4O3/c1-17-8(9(15)16)6-3-2-5(11)4-7(6)10(12,13)14/h2-4,8H,1H3,(H,15,16). The number of ether oxygens (including phenoxy) is 1. The molecule has 1 aromatic carbocycles. The fourth-order valence-electron chi connectivity index (χ4n) is 1.36. The molecule has 0 heterocycles. The molecule has 0 bridgehead atoms. The van der Waals surface area contributed by atoms with Crippen LogP contribution in [-0.2, 0) is 15.7 Å². The van der Waals surface area contributed by atoms with Crippen LogP contribution in [0.2, 0.25) is 0 Å². The minimum absolute atomic E-state index is 0.240. The number of rotatable bonds is 3. The summed E-state index contributed by atoms with van der Waals surface area (Å²) in [5.74, 6) is -2.68. The van der Waals surface area contributed by atoms with Gasteiger partial charge in [-0.3, -0.25) is 0 Å². The van der Waals surface area contributed by atoms with Gasteiger partial charge in [-0.15, -0.1) is 0 Å². The summed E-state index contributed by atoms with van der Waals surface area (Å²) in [4.78, 5) is 10.7. The van der Waals surface area contributed by atoms with Crippen molar-refractivity contribution < 1.29 is 32.2 Å². The van der Waals surface area contributed by atoms with Crippen LogP contribution < -0.4 is 0 Å². The van der Waals surface area contributed by atoms with Crippen molar-refractivity contribution in [3.05, 3.63) is 35.1 Å². The van der Waals surface area contributed by atoms with Gasteiger partial charge >= 0.3 is 12.1 Å². The predicted molar refractivity (Wildman–Crippen MR) is 48.8 cm³/mol. The third-order valence-corrected chi connectivity index (χ3v) is 2.06. The zero-order valence-corrected chi connectivity index (χ0v) is 8.58. The molecule has 0 aliphatic rings. The molecule has 17 heavy (non-hydrogen) atoms. The molecule has 0 aliphatic carbocycles. The zero-order chi connectivity index (χ0) is 13.2. The number of carbonyl (C=O) groups is 1. The summed E-state index contributed by atoms with van der Waals surface area (Å²) >= 11 is 0. The molecule has 1 aromatic rings. The second-order valence-corrected chi connectivity index (χ2v) is 3.18. The summed E-state index contributed by atoms with van der Waals surface area (Å²) < 4.78 is 54.9. The highest BCUT2D eigenvalue weighted by Gasteiger charge is 2.37. The highest BCUT2D eigenvalue weighted by atomic mass is 19.4. The Labute approximate surface area is 93.6 Å². The van der Waals surface area contributed by atoms with E-state index in [1.165, 1.54) is 0 Å². The van der Waals surface area contributed by atoms with E-state index in [4.69, 9.17) is 5.11 Å². The van der Waals surface area contributed by atoms with Crippen LogP contribution in [0.4, 0.5) is 17.6 Å². The summed E-state index contributed by atoms with van der Waals surface area (Å²) in [6.45, 7) is 0. The fourth-order valence-corrected chi connectivity index (χ4v) is 1.36. The third-order valence-electron chi connectivity index (χ3n) is 2.06. The van der Waals surface area contributed by atoms with Crippen LogP contribution in [0.25, 0.3) is 0 Å². The number of carboxylic acid groups (broad SMARTS) is 1. The van der Waals surface area contributed by atoms with Gasteiger partial charge in [-0.25, -0.2) is 9.18 Å². The van der Waals surface area contributed by atoms with Gasteiger partial charge in [-0.05, 0) is 12.1 Å². The molecule has 1 unspecified atom stereocenters. The fraction of sp³-hybridized carbons (Fsp3) is 0.300. The van der Waals surface area contributed by atoms with Crippen LogP contribution in [0.5, 0.6) is 0 Å². The molecule has 1 rings (SSSR count). The van der Waals surface area contributed by atoms with Gasteiger partial charge in [0.15, 0.2) is 6.10 Å². The summed E-state index contributed by atoms with van der Waals surface area (Å²) in [6, 6.07) is 1.74. The number of hydrogen-bond donors (Lipinski definition) is 1. The number of benzene rings is 1. The average Bonchev–Trinajstić information content (AvgIpc) is 2.19. The highest BCUT2D eigenvalue weighted by molar-refractivity contribution is 5.75. The first-order chi connectivity index (χ1) is 7.77. The molecule has 1 N–H and O–H groups in total. The van der Waals surface area contributed by atoms with E-state index in [2.05, 4.69) is 4.74 Å². The minimum Gasteiger partial charge on any atom is -0.479 e. The van der Waals surface area contributed by atoms with E-state index in [0.29, 0.717) is 0 Å². The Morgan fingerprint density at radius 3 is 2.41 bits per heavy atom. The molecule has 0 saturated carbocycles. The van der Waals surface area contributed by atoms with E-state index in [1.807, 2.05) is 0 Å². The van der Waals surface area contributed by atoms with Crippen LogP contribution in [0.15, 0.2) is 18.2 Å². The van der Waals surface area contributed by atoms with Gasteiger partial charge in [-0.1, -0.05) is 6.07 Å². The van der Waals surface area contributed by atoms with Crippen LogP contribution in [0.3, 0.4) is 0 Å². The average molecular weight is 252 g/mol. The molecule has 94 valence electrons. The number of aliphatic carboxylic acids is 1. The van der Waals surface area contributed by atoms with E-state index in [1.54, 1.807) is 0 Å². The molecule has 1 atom stereocenters. The van der Waals surface area contributed by atoms with E-state index in [0.717, 1.165) is 19.2 Å². The molecular formula is C10H8F4O3. The Morgan fingerprint density at radius 2 is 2.00 bits per heavy atom. The second-order valence-electron chi connectivity index (χ2n) is 3.18. The maximum Gasteiger partial charge on any atom is 0.416 e. The van der Waals surface area contributed by atoms with Crippen molar-refractivity contribution in [3.8, 4) is 0 Å². The second kappa shape index (κ2) is 4.70. The lowest BCUT2D eigenvalue weighted by molar-refractivity contribution is -0.151. The van der Waals surface area contributed by atoms with Crippen molar-refractivity contribution in [2.24, 2.45) is 0 Å². The number of methoxy groups -OCH3 is 1. The summed E-state index contributed by atoms with van der Waals surface area (Å²) in [5.41, 5.74) is -1.99. The summed E-state index contributed by atoms with van der Waals surface area (Å²) in [5, 5.41) is 8.70.